The summed E-state index contributed by atoms with van der Waals surface area (Å²) in [5, 5.41) is 8.66. The van der Waals surface area contributed by atoms with Gasteiger partial charge in [0.25, 0.3) is 0 Å². The molecule has 0 saturated carbocycles. The van der Waals surface area contributed by atoms with Gasteiger partial charge in [0.05, 0.1) is 6.42 Å². The van der Waals surface area contributed by atoms with Crippen molar-refractivity contribution in [3.8, 4) is 0 Å². The van der Waals surface area contributed by atoms with Crippen LogP contribution in [0.4, 0.5) is 4.39 Å². The van der Waals surface area contributed by atoms with E-state index in [4.69, 9.17) is 5.11 Å². The van der Waals surface area contributed by atoms with Crippen molar-refractivity contribution in [2.45, 2.75) is 26.7 Å². The molecule has 5 heteroatoms. The van der Waals surface area contributed by atoms with Crippen molar-refractivity contribution in [2.75, 3.05) is 13.1 Å². The number of carbonyl (C=O) groups is 2. The summed E-state index contributed by atoms with van der Waals surface area (Å²) < 4.78 is 13.5. The highest BCUT2D eigenvalue weighted by molar-refractivity contribution is 5.79. The van der Waals surface area contributed by atoms with Crippen molar-refractivity contribution in [2.24, 2.45) is 5.92 Å². The number of carbonyl (C=O) groups excluding carboxylic acids is 1. The van der Waals surface area contributed by atoms with Crippen LogP contribution in [0.2, 0.25) is 0 Å². The molecular formula is C15H20FNO3. The lowest BCUT2D eigenvalue weighted by Gasteiger charge is -2.24. The number of carboxylic acid groups (broad SMARTS) is 1. The van der Waals surface area contributed by atoms with Crippen molar-refractivity contribution in [1.82, 2.24) is 4.90 Å². The number of hydrogen-bond acceptors (Lipinski definition) is 2. The first kappa shape index (κ1) is 16.1. The summed E-state index contributed by atoms with van der Waals surface area (Å²) >= 11 is 0. The minimum atomic E-state index is -0.932. The van der Waals surface area contributed by atoms with Crippen molar-refractivity contribution < 1.29 is 19.1 Å². The highest BCUT2D eigenvalue weighted by atomic mass is 19.1. The van der Waals surface area contributed by atoms with Gasteiger partial charge in [0, 0.05) is 19.0 Å². The van der Waals surface area contributed by atoms with E-state index >= 15 is 0 Å². The maximum atomic E-state index is 13.5. The van der Waals surface area contributed by atoms with Gasteiger partial charge < -0.3 is 10.0 Å². The number of carboxylic acids is 1. The Morgan fingerprint density at radius 1 is 1.35 bits per heavy atom. The molecule has 20 heavy (non-hydrogen) atoms. The Kier molecular flexibility index (Phi) is 6.15. The summed E-state index contributed by atoms with van der Waals surface area (Å²) in [6.07, 6.45) is 0.237. The fraction of sp³-hybridized carbons (Fsp3) is 0.467. The predicted octanol–water partition coefficient (Wildman–Crippen LogP) is 2.33. The molecule has 0 aliphatic rings. The molecule has 0 radical (unpaired) electrons. The molecule has 0 saturated heterocycles. The van der Waals surface area contributed by atoms with Crippen LogP contribution in [0.15, 0.2) is 24.3 Å². The molecule has 1 amide bonds. The molecule has 110 valence electrons. The Balaban J connectivity index is 2.65. The molecule has 1 aromatic carbocycles. The SMILES string of the molecule is CCN(CCC(=O)O)C(=O)C(C)Cc1ccccc1F. The van der Waals surface area contributed by atoms with Crippen LogP contribution in [0, 0.1) is 11.7 Å². The molecule has 0 fully saturated rings. The fourth-order valence-electron chi connectivity index (χ4n) is 2.05. The summed E-state index contributed by atoms with van der Waals surface area (Å²) in [7, 11) is 0. The van der Waals surface area contributed by atoms with Gasteiger partial charge in [0.15, 0.2) is 0 Å². The number of nitrogens with zero attached hydrogens (tertiary/aromatic N) is 1. The first-order valence-corrected chi connectivity index (χ1v) is 6.69. The normalized spacial score (nSPS) is 11.9. The zero-order valence-electron chi connectivity index (χ0n) is 11.8. The highest BCUT2D eigenvalue weighted by Gasteiger charge is 2.21. The first-order chi connectivity index (χ1) is 9.45. The Bertz CT molecular complexity index is 476. The summed E-state index contributed by atoms with van der Waals surface area (Å²) in [6, 6.07) is 6.37. The van der Waals surface area contributed by atoms with Gasteiger partial charge >= 0.3 is 5.97 Å². The molecule has 0 heterocycles. The van der Waals surface area contributed by atoms with Crippen molar-refractivity contribution in [3.05, 3.63) is 35.6 Å². The molecule has 1 N–H and O–H groups in total. The highest BCUT2D eigenvalue weighted by Crippen LogP contribution is 2.14. The molecule has 0 aliphatic carbocycles. The number of benzene rings is 1. The van der Waals surface area contributed by atoms with Gasteiger partial charge in [-0.3, -0.25) is 9.59 Å². The van der Waals surface area contributed by atoms with E-state index in [1.165, 1.54) is 11.0 Å². The zero-order chi connectivity index (χ0) is 15.1. The Morgan fingerprint density at radius 3 is 2.55 bits per heavy atom. The molecular weight excluding hydrogens is 261 g/mol. The van der Waals surface area contributed by atoms with Gasteiger partial charge in [-0.2, -0.15) is 0 Å². The fourth-order valence-corrected chi connectivity index (χ4v) is 2.05. The van der Waals surface area contributed by atoms with Gasteiger partial charge in [0.2, 0.25) is 5.91 Å². The van der Waals surface area contributed by atoms with Crippen LogP contribution in [0.25, 0.3) is 0 Å². The smallest absolute Gasteiger partial charge is 0.305 e. The lowest BCUT2D eigenvalue weighted by molar-refractivity contribution is -0.139. The number of amides is 1. The zero-order valence-corrected chi connectivity index (χ0v) is 11.8. The van der Waals surface area contributed by atoms with Gasteiger partial charge in [-0.05, 0) is 25.0 Å². The molecule has 0 aliphatic heterocycles. The van der Waals surface area contributed by atoms with E-state index in [2.05, 4.69) is 0 Å². The molecule has 1 unspecified atom stereocenters. The lowest BCUT2D eigenvalue weighted by atomic mass is 9.99. The lowest BCUT2D eigenvalue weighted by Crippen LogP contribution is -2.37. The molecule has 1 aromatic rings. The van der Waals surface area contributed by atoms with Crippen molar-refractivity contribution >= 4 is 11.9 Å². The predicted molar refractivity (Wildman–Crippen MR) is 73.8 cm³/mol. The summed E-state index contributed by atoms with van der Waals surface area (Å²) in [5.74, 6) is -1.77. The maximum absolute atomic E-state index is 13.5. The van der Waals surface area contributed by atoms with Gasteiger partial charge in [-0.1, -0.05) is 25.1 Å². The van der Waals surface area contributed by atoms with Crippen molar-refractivity contribution in [3.63, 3.8) is 0 Å². The van der Waals surface area contributed by atoms with Crippen LogP contribution in [-0.2, 0) is 16.0 Å². The number of aliphatic carboxylic acids is 1. The van der Waals surface area contributed by atoms with Crippen LogP contribution in [0.1, 0.15) is 25.8 Å². The van der Waals surface area contributed by atoms with Crippen LogP contribution >= 0.6 is 0 Å². The van der Waals surface area contributed by atoms with Crippen molar-refractivity contribution in [1.29, 1.82) is 0 Å². The summed E-state index contributed by atoms with van der Waals surface area (Å²) in [6.45, 7) is 4.17. The largest absolute Gasteiger partial charge is 0.481 e. The monoisotopic (exact) mass is 281 g/mol. The Hall–Kier alpha value is -1.91. The second kappa shape index (κ2) is 7.62. The van der Waals surface area contributed by atoms with Gasteiger partial charge in [-0.15, -0.1) is 0 Å². The third kappa shape index (κ3) is 4.64. The Morgan fingerprint density at radius 2 is 2.00 bits per heavy atom. The molecule has 4 nitrogen and oxygen atoms in total. The third-order valence-electron chi connectivity index (χ3n) is 3.19. The van der Waals surface area contributed by atoms with Gasteiger partial charge in [0.1, 0.15) is 5.82 Å². The van der Waals surface area contributed by atoms with Crippen LogP contribution in [0.3, 0.4) is 0 Å². The van der Waals surface area contributed by atoms with E-state index in [-0.39, 0.29) is 30.6 Å². The number of halogens is 1. The average molecular weight is 281 g/mol. The number of hydrogen-bond donors (Lipinski definition) is 1. The van der Waals surface area contributed by atoms with E-state index in [0.717, 1.165) is 0 Å². The minimum Gasteiger partial charge on any atom is -0.481 e. The third-order valence-corrected chi connectivity index (χ3v) is 3.19. The minimum absolute atomic E-state index is 0.0774. The van der Waals surface area contributed by atoms with Gasteiger partial charge in [-0.25, -0.2) is 4.39 Å². The summed E-state index contributed by atoms with van der Waals surface area (Å²) in [5.41, 5.74) is 0.502. The van der Waals surface area contributed by atoms with E-state index in [0.29, 0.717) is 18.5 Å². The standard InChI is InChI=1S/C15H20FNO3/c1-3-17(9-8-14(18)19)15(20)11(2)10-12-6-4-5-7-13(12)16/h4-7,11H,3,8-10H2,1-2H3,(H,18,19). The topological polar surface area (TPSA) is 57.6 Å². The Labute approximate surface area is 118 Å². The second-order valence-corrected chi connectivity index (χ2v) is 4.76. The average Bonchev–Trinajstić information content (AvgIpc) is 2.41. The summed E-state index contributed by atoms with van der Waals surface area (Å²) in [4.78, 5) is 24.3. The molecule has 0 bridgehead atoms. The maximum Gasteiger partial charge on any atom is 0.305 e. The van der Waals surface area contributed by atoms with E-state index in [1.54, 1.807) is 32.0 Å². The molecule has 0 aromatic heterocycles. The van der Waals surface area contributed by atoms with Crippen LogP contribution in [0.5, 0.6) is 0 Å². The quantitative estimate of drug-likeness (QED) is 0.834. The molecule has 1 atom stereocenters. The molecule has 0 spiro atoms. The van der Waals surface area contributed by atoms with Crippen LogP contribution in [-0.4, -0.2) is 35.0 Å². The van der Waals surface area contributed by atoms with E-state index < -0.39 is 5.97 Å². The first-order valence-electron chi connectivity index (χ1n) is 6.69. The second-order valence-electron chi connectivity index (χ2n) is 4.76. The molecule has 1 rings (SSSR count). The van der Waals surface area contributed by atoms with Crippen LogP contribution < -0.4 is 0 Å². The van der Waals surface area contributed by atoms with E-state index in [9.17, 15) is 14.0 Å². The van der Waals surface area contributed by atoms with E-state index in [1.807, 2.05) is 0 Å². The number of rotatable bonds is 7.